The van der Waals surface area contributed by atoms with Gasteiger partial charge in [-0.05, 0) is 25.2 Å². The Hall–Kier alpha value is -0.460. The molecule has 1 fully saturated rings. The molecule has 0 spiro atoms. The highest BCUT2D eigenvalue weighted by molar-refractivity contribution is 4.94. The lowest BCUT2D eigenvalue weighted by Gasteiger charge is -2.34. The Kier molecular flexibility index (Phi) is 3.64. The van der Waals surface area contributed by atoms with E-state index in [2.05, 4.69) is 25.3 Å². The molecule has 1 nitrogen and oxygen atoms in total. The fourth-order valence-corrected chi connectivity index (χ4v) is 1.88. The molecule has 1 saturated heterocycles. The van der Waals surface area contributed by atoms with Crippen LogP contribution in [0.15, 0.2) is 12.3 Å². The summed E-state index contributed by atoms with van der Waals surface area (Å²) >= 11 is 0. The van der Waals surface area contributed by atoms with Crippen LogP contribution < -0.4 is 0 Å². The van der Waals surface area contributed by atoms with E-state index in [-0.39, 0.29) is 0 Å². The first-order chi connectivity index (χ1) is 5.77. The van der Waals surface area contributed by atoms with Crippen molar-refractivity contribution in [1.82, 2.24) is 4.90 Å². The van der Waals surface area contributed by atoms with E-state index in [1.165, 1.54) is 38.0 Å². The normalized spacial score (nSPS) is 19.7. The SMILES string of the molecule is C=C(CC)N1CCC(CC)CC1. The molecule has 1 aliphatic heterocycles. The molecule has 0 amide bonds. The number of hydrogen-bond donors (Lipinski definition) is 0. The highest BCUT2D eigenvalue weighted by atomic mass is 15.1. The summed E-state index contributed by atoms with van der Waals surface area (Å²) in [6.07, 6.45) is 5.20. The second-order valence-corrected chi connectivity index (χ2v) is 3.76. The summed E-state index contributed by atoms with van der Waals surface area (Å²) in [6.45, 7) is 11.0. The Morgan fingerprint density at radius 1 is 1.33 bits per heavy atom. The molecule has 1 heterocycles. The average Bonchev–Trinajstić information content (AvgIpc) is 2.17. The van der Waals surface area contributed by atoms with Crippen LogP contribution in [0.2, 0.25) is 0 Å². The summed E-state index contributed by atoms with van der Waals surface area (Å²) in [7, 11) is 0. The van der Waals surface area contributed by atoms with Gasteiger partial charge in [0.05, 0.1) is 0 Å². The maximum atomic E-state index is 4.07. The van der Waals surface area contributed by atoms with Gasteiger partial charge in [0.2, 0.25) is 0 Å². The summed E-state index contributed by atoms with van der Waals surface area (Å²) in [6, 6.07) is 0. The zero-order valence-electron chi connectivity index (χ0n) is 8.47. The predicted molar refractivity (Wildman–Crippen MR) is 54.0 cm³/mol. The molecule has 0 saturated carbocycles. The van der Waals surface area contributed by atoms with Gasteiger partial charge in [-0.3, -0.25) is 0 Å². The van der Waals surface area contributed by atoms with Crippen LogP contribution in [-0.2, 0) is 0 Å². The van der Waals surface area contributed by atoms with Crippen molar-refractivity contribution in [3.8, 4) is 0 Å². The summed E-state index contributed by atoms with van der Waals surface area (Å²) in [5.41, 5.74) is 1.32. The number of hydrogen-bond acceptors (Lipinski definition) is 1. The van der Waals surface area contributed by atoms with Crippen molar-refractivity contribution in [2.45, 2.75) is 39.5 Å². The van der Waals surface area contributed by atoms with Crippen LogP contribution in [0.25, 0.3) is 0 Å². The number of piperidine rings is 1. The van der Waals surface area contributed by atoms with Crippen molar-refractivity contribution in [2.75, 3.05) is 13.1 Å². The van der Waals surface area contributed by atoms with Gasteiger partial charge in [-0.25, -0.2) is 0 Å². The molecule has 0 aromatic carbocycles. The Balaban J connectivity index is 2.30. The molecule has 0 aliphatic carbocycles. The molecule has 1 aliphatic rings. The van der Waals surface area contributed by atoms with Gasteiger partial charge >= 0.3 is 0 Å². The van der Waals surface area contributed by atoms with Gasteiger partial charge in [0, 0.05) is 18.8 Å². The molecule has 0 bridgehead atoms. The van der Waals surface area contributed by atoms with E-state index < -0.39 is 0 Å². The summed E-state index contributed by atoms with van der Waals surface area (Å²) in [5, 5.41) is 0. The van der Waals surface area contributed by atoms with E-state index >= 15 is 0 Å². The van der Waals surface area contributed by atoms with E-state index in [9.17, 15) is 0 Å². The quantitative estimate of drug-likeness (QED) is 0.624. The lowest BCUT2D eigenvalue weighted by atomic mass is 9.94. The van der Waals surface area contributed by atoms with E-state index in [1.54, 1.807) is 0 Å². The lowest BCUT2D eigenvalue weighted by Crippen LogP contribution is -2.32. The Morgan fingerprint density at radius 2 is 1.92 bits per heavy atom. The minimum absolute atomic E-state index is 0.978. The maximum absolute atomic E-state index is 4.07. The van der Waals surface area contributed by atoms with Gasteiger partial charge in [-0.1, -0.05) is 26.8 Å². The van der Waals surface area contributed by atoms with Gasteiger partial charge in [-0.15, -0.1) is 0 Å². The molecular weight excluding hydrogens is 146 g/mol. The molecule has 0 aromatic heterocycles. The van der Waals surface area contributed by atoms with E-state index in [0.29, 0.717) is 0 Å². The van der Waals surface area contributed by atoms with Crippen LogP contribution >= 0.6 is 0 Å². The zero-order valence-corrected chi connectivity index (χ0v) is 8.47. The van der Waals surface area contributed by atoms with E-state index in [4.69, 9.17) is 0 Å². The van der Waals surface area contributed by atoms with Gasteiger partial charge in [0.1, 0.15) is 0 Å². The number of likely N-dealkylation sites (tertiary alicyclic amines) is 1. The van der Waals surface area contributed by atoms with Crippen molar-refractivity contribution >= 4 is 0 Å². The van der Waals surface area contributed by atoms with Crippen LogP contribution in [0.4, 0.5) is 0 Å². The van der Waals surface area contributed by atoms with Crippen molar-refractivity contribution in [2.24, 2.45) is 5.92 Å². The van der Waals surface area contributed by atoms with Crippen LogP contribution in [0, 0.1) is 5.92 Å². The number of allylic oxidation sites excluding steroid dienone is 1. The molecule has 1 heteroatoms. The molecule has 0 unspecified atom stereocenters. The van der Waals surface area contributed by atoms with Gasteiger partial charge in [0.25, 0.3) is 0 Å². The number of rotatable bonds is 3. The van der Waals surface area contributed by atoms with Crippen LogP contribution in [0.3, 0.4) is 0 Å². The standard InChI is InChI=1S/C11H21N/c1-4-10(3)12-8-6-11(5-2)7-9-12/h11H,3-9H2,1-2H3. The highest BCUT2D eigenvalue weighted by Crippen LogP contribution is 2.22. The predicted octanol–water partition coefficient (Wildman–Crippen LogP) is 3.03. The molecule has 0 aromatic rings. The van der Waals surface area contributed by atoms with Gasteiger partial charge in [-0.2, -0.15) is 0 Å². The minimum atomic E-state index is 0.978. The summed E-state index contributed by atoms with van der Waals surface area (Å²) in [4.78, 5) is 2.45. The largest absolute Gasteiger partial charge is 0.375 e. The molecule has 0 N–H and O–H groups in total. The monoisotopic (exact) mass is 167 g/mol. The molecule has 1 rings (SSSR count). The molecule has 70 valence electrons. The van der Waals surface area contributed by atoms with Crippen molar-refractivity contribution in [1.29, 1.82) is 0 Å². The molecular formula is C11H21N. The van der Waals surface area contributed by atoms with Crippen LogP contribution in [0.1, 0.15) is 39.5 Å². The Labute approximate surface area is 76.5 Å². The Bertz CT molecular complexity index is 143. The van der Waals surface area contributed by atoms with Gasteiger partial charge in [0.15, 0.2) is 0 Å². The zero-order chi connectivity index (χ0) is 8.97. The lowest BCUT2D eigenvalue weighted by molar-refractivity contribution is 0.219. The number of nitrogens with zero attached hydrogens (tertiary/aromatic N) is 1. The fourth-order valence-electron chi connectivity index (χ4n) is 1.88. The molecule has 0 radical (unpaired) electrons. The van der Waals surface area contributed by atoms with Crippen molar-refractivity contribution in [3.63, 3.8) is 0 Å². The maximum Gasteiger partial charge on any atom is 0.0177 e. The minimum Gasteiger partial charge on any atom is -0.375 e. The first-order valence-corrected chi connectivity index (χ1v) is 5.20. The summed E-state index contributed by atoms with van der Waals surface area (Å²) in [5.74, 6) is 0.978. The third-order valence-corrected chi connectivity index (χ3v) is 3.05. The second kappa shape index (κ2) is 4.54. The van der Waals surface area contributed by atoms with Crippen molar-refractivity contribution < 1.29 is 0 Å². The topological polar surface area (TPSA) is 3.24 Å². The highest BCUT2D eigenvalue weighted by Gasteiger charge is 2.17. The van der Waals surface area contributed by atoms with Crippen molar-refractivity contribution in [3.05, 3.63) is 12.3 Å². The molecule has 0 atom stereocenters. The third kappa shape index (κ3) is 2.26. The summed E-state index contributed by atoms with van der Waals surface area (Å²) < 4.78 is 0. The van der Waals surface area contributed by atoms with E-state index in [0.717, 1.165) is 12.3 Å². The van der Waals surface area contributed by atoms with Crippen LogP contribution in [-0.4, -0.2) is 18.0 Å². The van der Waals surface area contributed by atoms with Gasteiger partial charge < -0.3 is 4.90 Å². The fraction of sp³-hybridized carbons (Fsp3) is 0.818. The first kappa shape index (κ1) is 9.63. The third-order valence-electron chi connectivity index (χ3n) is 3.05. The van der Waals surface area contributed by atoms with E-state index in [1.807, 2.05) is 0 Å². The van der Waals surface area contributed by atoms with Crippen LogP contribution in [0.5, 0.6) is 0 Å². The first-order valence-electron chi connectivity index (χ1n) is 5.20. The molecule has 12 heavy (non-hydrogen) atoms. The Morgan fingerprint density at radius 3 is 2.33 bits per heavy atom. The smallest absolute Gasteiger partial charge is 0.0177 e. The second-order valence-electron chi connectivity index (χ2n) is 3.76. The average molecular weight is 167 g/mol.